The third-order valence-corrected chi connectivity index (χ3v) is 3.13. The van der Waals surface area contributed by atoms with E-state index in [1.165, 1.54) is 0 Å². The minimum Gasteiger partial charge on any atom is -0.394 e. The zero-order chi connectivity index (χ0) is 12.8. The van der Waals surface area contributed by atoms with Crippen molar-refractivity contribution in [2.75, 3.05) is 31.2 Å². The fourth-order valence-corrected chi connectivity index (χ4v) is 2.22. The summed E-state index contributed by atoms with van der Waals surface area (Å²) in [5, 5.41) is 8.71. The van der Waals surface area contributed by atoms with Crippen LogP contribution >= 0.6 is 0 Å². The van der Waals surface area contributed by atoms with Crippen LogP contribution in [0.25, 0.3) is 0 Å². The number of pyridine rings is 1. The maximum Gasteiger partial charge on any atom is 0.153 e. The molecule has 1 aromatic heterocycles. The second kappa shape index (κ2) is 6.47. The fourth-order valence-electron chi connectivity index (χ4n) is 2.22. The average Bonchev–Trinajstić information content (AvgIpc) is 2.45. The highest BCUT2D eigenvalue weighted by molar-refractivity contribution is 5.82. The first-order chi connectivity index (χ1) is 8.85. The van der Waals surface area contributed by atoms with E-state index in [9.17, 15) is 4.79 Å². The van der Waals surface area contributed by atoms with Gasteiger partial charge in [0.05, 0.1) is 24.9 Å². The first kappa shape index (κ1) is 13.0. The molecule has 1 aliphatic heterocycles. The topological polar surface area (TPSA) is 62.7 Å². The molecule has 5 heteroatoms. The molecule has 1 N–H and O–H groups in total. The minimum absolute atomic E-state index is 0.0652. The van der Waals surface area contributed by atoms with Crippen molar-refractivity contribution in [2.45, 2.75) is 18.9 Å². The lowest BCUT2D eigenvalue weighted by Gasteiger charge is -2.33. The van der Waals surface area contributed by atoms with E-state index in [4.69, 9.17) is 9.84 Å². The summed E-state index contributed by atoms with van der Waals surface area (Å²) in [6, 6.07) is 3.55. The Hall–Kier alpha value is -1.46. The fraction of sp³-hybridized carbons (Fsp3) is 0.538. The largest absolute Gasteiger partial charge is 0.394 e. The van der Waals surface area contributed by atoms with Gasteiger partial charge in [-0.2, -0.15) is 0 Å². The second-order valence-electron chi connectivity index (χ2n) is 4.31. The van der Waals surface area contributed by atoms with Gasteiger partial charge >= 0.3 is 0 Å². The van der Waals surface area contributed by atoms with Gasteiger partial charge in [-0.15, -0.1) is 0 Å². The summed E-state index contributed by atoms with van der Waals surface area (Å²) in [6.07, 6.45) is 4.55. The summed E-state index contributed by atoms with van der Waals surface area (Å²) in [5.41, 5.74) is 0.632. The maximum atomic E-state index is 11.0. The number of aldehydes is 1. The van der Waals surface area contributed by atoms with Crippen molar-refractivity contribution in [3.05, 3.63) is 23.9 Å². The molecule has 0 saturated carbocycles. The van der Waals surface area contributed by atoms with E-state index >= 15 is 0 Å². The van der Waals surface area contributed by atoms with Crippen LogP contribution in [0.4, 0.5) is 5.82 Å². The summed E-state index contributed by atoms with van der Waals surface area (Å²) in [5.74, 6) is 0.758. The summed E-state index contributed by atoms with van der Waals surface area (Å²) >= 11 is 0. The quantitative estimate of drug-likeness (QED) is 0.786. The monoisotopic (exact) mass is 250 g/mol. The Bertz CT molecular complexity index is 390. The average molecular weight is 250 g/mol. The smallest absolute Gasteiger partial charge is 0.153 e. The Labute approximate surface area is 106 Å². The molecule has 0 radical (unpaired) electrons. The number of rotatable bonds is 5. The first-order valence-electron chi connectivity index (χ1n) is 6.22. The van der Waals surface area contributed by atoms with Crippen molar-refractivity contribution in [2.24, 2.45) is 0 Å². The molecule has 1 fully saturated rings. The van der Waals surface area contributed by atoms with Crippen molar-refractivity contribution in [3.8, 4) is 0 Å². The molecule has 0 amide bonds. The number of aliphatic hydroxyl groups is 1. The van der Waals surface area contributed by atoms with E-state index in [1.54, 1.807) is 18.3 Å². The summed E-state index contributed by atoms with van der Waals surface area (Å²) in [6.45, 7) is 2.12. The normalized spacial score (nSPS) is 16.8. The molecule has 1 aliphatic rings. The van der Waals surface area contributed by atoms with Gasteiger partial charge in [0.15, 0.2) is 6.29 Å². The number of ether oxygens (including phenoxy) is 1. The van der Waals surface area contributed by atoms with Gasteiger partial charge in [0.2, 0.25) is 0 Å². The lowest BCUT2D eigenvalue weighted by atomic mass is 10.1. The van der Waals surface area contributed by atoms with Crippen LogP contribution in [0, 0.1) is 0 Å². The summed E-state index contributed by atoms with van der Waals surface area (Å²) in [4.78, 5) is 17.3. The molecule has 5 nitrogen and oxygen atoms in total. The van der Waals surface area contributed by atoms with Crippen LogP contribution in [0.15, 0.2) is 18.3 Å². The molecule has 1 aromatic rings. The summed E-state index contributed by atoms with van der Waals surface area (Å²) < 4.78 is 5.51. The van der Waals surface area contributed by atoms with E-state index in [1.807, 2.05) is 0 Å². The molecule has 0 unspecified atom stereocenters. The molecule has 1 saturated heterocycles. The van der Waals surface area contributed by atoms with Crippen LogP contribution in [0.5, 0.6) is 0 Å². The lowest BCUT2D eigenvalue weighted by molar-refractivity contribution is 0.0158. The number of hydrogen-bond donors (Lipinski definition) is 1. The van der Waals surface area contributed by atoms with E-state index in [0.717, 1.165) is 38.0 Å². The van der Waals surface area contributed by atoms with Crippen molar-refractivity contribution < 1.29 is 14.6 Å². The number of aromatic nitrogens is 1. The molecule has 0 atom stereocenters. The number of nitrogens with zero attached hydrogens (tertiary/aromatic N) is 2. The van der Waals surface area contributed by atoms with Gasteiger partial charge in [0, 0.05) is 19.3 Å². The van der Waals surface area contributed by atoms with Gasteiger partial charge in [0.25, 0.3) is 0 Å². The predicted octanol–water partition coefficient (Wildman–Crippen LogP) is 0.872. The highest BCUT2D eigenvalue weighted by Crippen LogP contribution is 2.21. The van der Waals surface area contributed by atoms with E-state index in [2.05, 4.69) is 9.88 Å². The molecule has 2 heterocycles. The standard InChI is InChI=1S/C13H18N2O3/c16-8-9-18-12-3-6-15(7-4-12)13-11(10-17)2-1-5-14-13/h1-2,5,10,12,16H,3-4,6-9H2. The third-order valence-electron chi connectivity index (χ3n) is 3.13. The Morgan fingerprint density at radius 3 is 2.94 bits per heavy atom. The van der Waals surface area contributed by atoms with Gasteiger partial charge in [-0.05, 0) is 25.0 Å². The van der Waals surface area contributed by atoms with Crippen molar-refractivity contribution in [1.82, 2.24) is 4.98 Å². The number of carbonyl (C=O) groups excluding carboxylic acids is 1. The molecule has 18 heavy (non-hydrogen) atoms. The molecular formula is C13H18N2O3. The first-order valence-corrected chi connectivity index (χ1v) is 6.22. The minimum atomic E-state index is 0.0652. The maximum absolute atomic E-state index is 11.0. The highest BCUT2D eigenvalue weighted by atomic mass is 16.5. The van der Waals surface area contributed by atoms with Crippen molar-refractivity contribution in [3.63, 3.8) is 0 Å². The summed E-state index contributed by atoms with van der Waals surface area (Å²) in [7, 11) is 0. The zero-order valence-corrected chi connectivity index (χ0v) is 10.3. The Kier molecular flexibility index (Phi) is 4.66. The van der Waals surface area contributed by atoms with E-state index in [-0.39, 0.29) is 12.7 Å². The van der Waals surface area contributed by atoms with E-state index in [0.29, 0.717) is 12.2 Å². The molecule has 0 aliphatic carbocycles. The highest BCUT2D eigenvalue weighted by Gasteiger charge is 2.21. The SMILES string of the molecule is O=Cc1cccnc1N1CCC(OCCO)CC1. The van der Waals surface area contributed by atoms with Crippen LogP contribution in [-0.4, -0.2) is 48.8 Å². The van der Waals surface area contributed by atoms with Gasteiger partial charge in [-0.25, -0.2) is 4.98 Å². The molecule has 0 bridgehead atoms. The van der Waals surface area contributed by atoms with Crippen LogP contribution < -0.4 is 4.90 Å². The van der Waals surface area contributed by atoms with Gasteiger partial charge in [-0.3, -0.25) is 4.79 Å². The predicted molar refractivity (Wildman–Crippen MR) is 67.9 cm³/mol. The van der Waals surface area contributed by atoms with E-state index < -0.39 is 0 Å². The van der Waals surface area contributed by atoms with Gasteiger partial charge in [-0.1, -0.05) is 0 Å². The Balaban J connectivity index is 1.95. The van der Waals surface area contributed by atoms with Gasteiger partial charge in [0.1, 0.15) is 5.82 Å². The number of carbonyl (C=O) groups is 1. The molecule has 0 spiro atoms. The lowest BCUT2D eigenvalue weighted by Crippen LogP contribution is -2.38. The van der Waals surface area contributed by atoms with Crippen LogP contribution in [0.2, 0.25) is 0 Å². The zero-order valence-electron chi connectivity index (χ0n) is 10.3. The second-order valence-corrected chi connectivity index (χ2v) is 4.31. The molecular weight excluding hydrogens is 232 g/mol. The number of aliphatic hydroxyl groups excluding tert-OH is 1. The number of hydrogen-bond acceptors (Lipinski definition) is 5. The Morgan fingerprint density at radius 1 is 1.50 bits per heavy atom. The van der Waals surface area contributed by atoms with Crippen LogP contribution in [0.3, 0.4) is 0 Å². The van der Waals surface area contributed by atoms with Crippen LogP contribution in [0.1, 0.15) is 23.2 Å². The van der Waals surface area contributed by atoms with Gasteiger partial charge < -0.3 is 14.7 Å². The van der Waals surface area contributed by atoms with Crippen LogP contribution in [-0.2, 0) is 4.74 Å². The molecule has 98 valence electrons. The van der Waals surface area contributed by atoms with Crippen molar-refractivity contribution in [1.29, 1.82) is 0 Å². The Morgan fingerprint density at radius 2 is 2.28 bits per heavy atom. The molecule has 0 aromatic carbocycles. The van der Waals surface area contributed by atoms with Crippen molar-refractivity contribution >= 4 is 12.1 Å². The number of anilines is 1. The third kappa shape index (κ3) is 3.05. The number of piperidine rings is 1. The molecule has 2 rings (SSSR count).